The van der Waals surface area contributed by atoms with Crippen LogP contribution in [0.4, 0.5) is 4.79 Å². The van der Waals surface area contributed by atoms with E-state index in [-0.39, 0.29) is 23.2 Å². The van der Waals surface area contributed by atoms with E-state index in [1.807, 2.05) is 6.08 Å². The molecule has 0 radical (unpaired) electrons. The van der Waals surface area contributed by atoms with Crippen LogP contribution in [0.15, 0.2) is 24.3 Å². The summed E-state index contributed by atoms with van der Waals surface area (Å²) in [6.07, 6.45) is 11.0. The molecule has 150 valence electrons. The Kier molecular flexibility index (Phi) is 6.33. The molecular formula is C20H29NO5S. The van der Waals surface area contributed by atoms with Crippen LogP contribution in [0.25, 0.3) is 0 Å². The summed E-state index contributed by atoms with van der Waals surface area (Å²) in [6.45, 7) is 4.37. The van der Waals surface area contributed by atoms with Gasteiger partial charge in [0.2, 0.25) is 0 Å². The van der Waals surface area contributed by atoms with E-state index in [1.165, 1.54) is 6.08 Å². The first-order valence-corrected chi connectivity index (χ1v) is 10.6. The summed E-state index contributed by atoms with van der Waals surface area (Å²) in [6, 6.07) is -0.499. The summed E-state index contributed by atoms with van der Waals surface area (Å²) in [7, 11) is 0. The standard InChI is InChI=1S/C20H29NO5S/c1-19(2)9-6-4-3-5-7-17(22)25-15-11-14(8-10-19)26-20(24,12-15)16-13-27-18(23)21-16/h5-7,9,14-16,24H,3-4,8,10-13H2,1-2H3,(H,21,23)/b7-5-,9-6-/t14-,15-,16+,20-/m1/s1. The highest BCUT2D eigenvalue weighted by Crippen LogP contribution is 2.38. The first kappa shape index (κ1) is 20.4. The topological polar surface area (TPSA) is 84.9 Å². The van der Waals surface area contributed by atoms with Gasteiger partial charge in [0.15, 0.2) is 5.79 Å². The summed E-state index contributed by atoms with van der Waals surface area (Å²) < 4.78 is 11.7. The fourth-order valence-corrected chi connectivity index (χ4v) is 4.69. The predicted octanol–water partition coefficient (Wildman–Crippen LogP) is 3.30. The van der Waals surface area contributed by atoms with Crippen LogP contribution in [0.2, 0.25) is 0 Å². The maximum Gasteiger partial charge on any atom is 0.330 e. The highest BCUT2D eigenvalue weighted by Gasteiger charge is 2.49. The number of hydrogen-bond acceptors (Lipinski definition) is 6. The van der Waals surface area contributed by atoms with Gasteiger partial charge in [0, 0.05) is 24.7 Å². The smallest absolute Gasteiger partial charge is 0.330 e. The van der Waals surface area contributed by atoms with Gasteiger partial charge in [-0.3, -0.25) is 4.79 Å². The van der Waals surface area contributed by atoms with E-state index in [4.69, 9.17) is 9.47 Å². The van der Waals surface area contributed by atoms with Crippen molar-refractivity contribution < 1.29 is 24.2 Å². The van der Waals surface area contributed by atoms with Crippen molar-refractivity contribution in [3.63, 3.8) is 0 Å². The monoisotopic (exact) mass is 395 g/mol. The van der Waals surface area contributed by atoms with Gasteiger partial charge in [-0.05, 0) is 31.1 Å². The molecule has 0 spiro atoms. The fourth-order valence-electron chi connectivity index (χ4n) is 3.80. The molecule has 0 saturated carbocycles. The summed E-state index contributed by atoms with van der Waals surface area (Å²) in [5.74, 6) is -1.47. The number of carbonyl (C=O) groups excluding carboxylic acids is 2. The Bertz CT molecular complexity index is 632. The minimum Gasteiger partial charge on any atom is -0.459 e. The summed E-state index contributed by atoms with van der Waals surface area (Å²) in [4.78, 5) is 23.7. The van der Waals surface area contributed by atoms with Crippen molar-refractivity contribution in [2.24, 2.45) is 5.41 Å². The molecule has 0 aromatic rings. The summed E-state index contributed by atoms with van der Waals surface area (Å²) >= 11 is 1.14. The van der Waals surface area contributed by atoms with E-state index in [1.54, 1.807) is 0 Å². The van der Waals surface area contributed by atoms with Gasteiger partial charge in [-0.25, -0.2) is 4.79 Å². The van der Waals surface area contributed by atoms with Crippen LogP contribution in [-0.2, 0) is 14.3 Å². The van der Waals surface area contributed by atoms with E-state index in [0.717, 1.165) is 37.4 Å². The number of ether oxygens (including phenoxy) is 2. The molecule has 3 aliphatic heterocycles. The van der Waals surface area contributed by atoms with Crippen molar-refractivity contribution in [1.29, 1.82) is 0 Å². The van der Waals surface area contributed by atoms with Gasteiger partial charge in [-0.1, -0.05) is 43.8 Å². The number of carbonyl (C=O) groups is 2. The third-order valence-corrected chi connectivity index (χ3v) is 6.23. The van der Waals surface area contributed by atoms with Crippen LogP contribution >= 0.6 is 11.8 Å². The Labute approximate surface area is 164 Å². The number of rotatable bonds is 1. The van der Waals surface area contributed by atoms with E-state index < -0.39 is 23.9 Å². The Hall–Kier alpha value is -1.31. The Morgan fingerprint density at radius 2 is 2.00 bits per heavy atom. The molecule has 0 aliphatic carbocycles. The lowest BCUT2D eigenvalue weighted by atomic mass is 9.83. The molecule has 3 aliphatic rings. The lowest BCUT2D eigenvalue weighted by Crippen LogP contribution is -2.58. The molecule has 27 heavy (non-hydrogen) atoms. The number of esters is 1. The highest BCUT2D eigenvalue weighted by molar-refractivity contribution is 8.14. The molecule has 3 heterocycles. The Morgan fingerprint density at radius 3 is 2.74 bits per heavy atom. The lowest BCUT2D eigenvalue weighted by molar-refractivity contribution is -0.284. The van der Waals surface area contributed by atoms with Gasteiger partial charge < -0.3 is 19.9 Å². The van der Waals surface area contributed by atoms with Crippen molar-refractivity contribution in [3.8, 4) is 0 Å². The minimum atomic E-state index is -1.52. The van der Waals surface area contributed by atoms with E-state index in [0.29, 0.717) is 12.2 Å². The van der Waals surface area contributed by atoms with Gasteiger partial charge in [0.05, 0.1) is 12.1 Å². The molecule has 2 bridgehead atoms. The van der Waals surface area contributed by atoms with Crippen LogP contribution < -0.4 is 5.32 Å². The zero-order chi connectivity index (χ0) is 19.5. The highest BCUT2D eigenvalue weighted by atomic mass is 32.2. The third kappa shape index (κ3) is 5.59. The van der Waals surface area contributed by atoms with Crippen molar-refractivity contribution >= 4 is 23.0 Å². The molecule has 1 amide bonds. The van der Waals surface area contributed by atoms with Gasteiger partial charge in [-0.15, -0.1) is 0 Å². The molecule has 7 heteroatoms. The maximum atomic E-state index is 12.1. The van der Waals surface area contributed by atoms with Gasteiger partial charge in [0.25, 0.3) is 5.24 Å². The zero-order valence-electron chi connectivity index (χ0n) is 16.0. The number of allylic oxidation sites excluding steroid dienone is 3. The third-order valence-electron chi connectivity index (χ3n) is 5.35. The number of aliphatic hydroxyl groups is 1. The summed E-state index contributed by atoms with van der Waals surface area (Å²) in [5.41, 5.74) is 0.0242. The van der Waals surface area contributed by atoms with Crippen molar-refractivity contribution in [1.82, 2.24) is 5.32 Å². The summed E-state index contributed by atoms with van der Waals surface area (Å²) in [5, 5.41) is 13.7. The van der Waals surface area contributed by atoms with Gasteiger partial charge in [0.1, 0.15) is 6.10 Å². The minimum absolute atomic E-state index is 0.0242. The number of hydrogen-bond donors (Lipinski definition) is 2. The van der Waals surface area contributed by atoms with E-state index >= 15 is 0 Å². The second-order valence-corrected chi connectivity index (χ2v) is 9.28. The normalized spacial score (nSPS) is 39.7. The van der Waals surface area contributed by atoms with Crippen LogP contribution in [-0.4, -0.2) is 46.1 Å². The van der Waals surface area contributed by atoms with Crippen molar-refractivity contribution in [2.45, 2.75) is 76.4 Å². The molecule has 0 aromatic carbocycles. The van der Waals surface area contributed by atoms with Crippen LogP contribution in [0, 0.1) is 5.41 Å². The quantitative estimate of drug-likeness (QED) is 0.523. The second-order valence-electron chi connectivity index (χ2n) is 8.29. The average molecular weight is 396 g/mol. The molecule has 3 rings (SSSR count). The predicted molar refractivity (Wildman–Crippen MR) is 104 cm³/mol. The first-order chi connectivity index (χ1) is 12.8. The molecule has 2 N–H and O–H groups in total. The van der Waals surface area contributed by atoms with Crippen LogP contribution in [0.3, 0.4) is 0 Å². The fraction of sp³-hybridized carbons (Fsp3) is 0.700. The zero-order valence-corrected chi connectivity index (χ0v) is 16.8. The maximum absolute atomic E-state index is 12.1. The first-order valence-electron chi connectivity index (χ1n) is 9.64. The Morgan fingerprint density at radius 1 is 1.22 bits per heavy atom. The largest absolute Gasteiger partial charge is 0.459 e. The van der Waals surface area contributed by atoms with E-state index in [2.05, 4.69) is 31.3 Å². The number of nitrogens with one attached hydrogen (secondary N) is 1. The number of amides is 1. The van der Waals surface area contributed by atoms with Gasteiger partial charge >= 0.3 is 5.97 Å². The molecule has 2 saturated heterocycles. The second kappa shape index (κ2) is 8.37. The number of fused-ring (bicyclic) bond motifs is 2. The molecule has 6 nitrogen and oxygen atoms in total. The average Bonchev–Trinajstić information content (AvgIpc) is 3.03. The molecule has 4 atom stereocenters. The molecular weight excluding hydrogens is 366 g/mol. The lowest BCUT2D eigenvalue weighted by Gasteiger charge is -2.44. The SMILES string of the molecule is CC1(C)/C=C\CC/C=C\C(=O)O[C@@H]2C[C@@H](CC1)O[C@@](O)([C@@H]1CSC(=O)N1)C2. The van der Waals surface area contributed by atoms with Crippen LogP contribution in [0.5, 0.6) is 0 Å². The Balaban J connectivity index is 1.79. The molecule has 2 fully saturated rings. The van der Waals surface area contributed by atoms with Gasteiger partial charge in [-0.2, -0.15) is 0 Å². The van der Waals surface area contributed by atoms with E-state index in [9.17, 15) is 14.7 Å². The van der Waals surface area contributed by atoms with Crippen molar-refractivity contribution in [2.75, 3.05) is 5.75 Å². The van der Waals surface area contributed by atoms with Crippen molar-refractivity contribution in [3.05, 3.63) is 24.3 Å². The number of thioether (sulfide) groups is 1. The molecule has 0 aromatic heterocycles. The van der Waals surface area contributed by atoms with Crippen LogP contribution in [0.1, 0.15) is 52.4 Å². The molecule has 0 unspecified atom stereocenters.